The van der Waals surface area contributed by atoms with Crippen LogP contribution < -0.4 is 10.1 Å². The SMILES string of the molecule is CC[C@@H](C)NC(=O)[C@H](C)N(Cc1ccccc1C)C(=O)COc1ccc(I)cc1. The van der Waals surface area contributed by atoms with Gasteiger partial charge in [0.15, 0.2) is 6.61 Å². The summed E-state index contributed by atoms with van der Waals surface area (Å²) >= 11 is 2.22. The molecule has 2 aromatic rings. The number of hydrogen-bond acceptors (Lipinski definition) is 3. The molecule has 2 rings (SSSR count). The summed E-state index contributed by atoms with van der Waals surface area (Å²) in [5.74, 6) is 0.250. The van der Waals surface area contributed by atoms with E-state index in [2.05, 4.69) is 27.9 Å². The molecule has 0 aliphatic rings. The summed E-state index contributed by atoms with van der Waals surface area (Å²) in [6.07, 6.45) is 0.833. The van der Waals surface area contributed by atoms with E-state index in [4.69, 9.17) is 4.74 Å². The fourth-order valence-corrected chi connectivity index (χ4v) is 3.14. The van der Waals surface area contributed by atoms with Gasteiger partial charge in [0.05, 0.1) is 0 Å². The maximum atomic E-state index is 13.0. The van der Waals surface area contributed by atoms with Gasteiger partial charge >= 0.3 is 0 Å². The van der Waals surface area contributed by atoms with Crippen LogP contribution in [0.15, 0.2) is 48.5 Å². The summed E-state index contributed by atoms with van der Waals surface area (Å²) in [5, 5.41) is 2.97. The maximum Gasteiger partial charge on any atom is 0.261 e. The Hall–Kier alpha value is -2.09. The molecule has 0 bridgehead atoms. The minimum Gasteiger partial charge on any atom is -0.484 e. The molecule has 0 radical (unpaired) electrons. The molecule has 2 amide bonds. The number of halogens is 1. The fraction of sp³-hybridized carbons (Fsp3) is 0.391. The molecule has 5 nitrogen and oxygen atoms in total. The molecular weight excluding hydrogens is 479 g/mol. The van der Waals surface area contributed by atoms with E-state index >= 15 is 0 Å². The Labute approximate surface area is 187 Å². The zero-order valence-electron chi connectivity index (χ0n) is 17.4. The highest BCUT2D eigenvalue weighted by molar-refractivity contribution is 14.1. The average Bonchev–Trinajstić information content (AvgIpc) is 2.71. The Morgan fingerprint density at radius 3 is 2.38 bits per heavy atom. The van der Waals surface area contributed by atoms with Crippen molar-refractivity contribution in [2.24, 2.45) is 0 Å². The van der Waals surface area contributed by atoms with E-state index in [1.54, 1.807) is 11.8 Å². The predicted octanol–water partition coefficient (Wildman–Crippen LogP) is 4.31. The lowest BCUT2D eigenvalue weighted by atomic mass is 10.1. The highest BCUT2D eigenvalue weighted by Gasteiger charge is 2.27. The molecule has 29 heavy (non-hydrogen) atoms. The number of hydrogen-bond donors (Lipinski definition) is 1. The Bertz CT molecular complexity index is 823. The normalized spacial score (nSPS) is 12.7. The number of carbonyl (C=O) groups excluding carboxylic acids is 2. The smallest absolute Gasteiger partial charge is 0.261 e. The third kappa shape index (κ3) is 7.03. The number of nitrogens with zero attached hydrogens (tertiary/aromatic N) is 1. The minimum atomic E-state index is -0.601. The van der Waals surface area contributed by atoms with Crippen LogP contribution in [0.1, 0.15) is 38.3 Å². The van der Waals surface area contributed by atoms with Gasteiger partial charge in [-0.25, -0.2) is 0 Å². The van der Waals surface area contributed by atoms with Crippen molar-refractivity contribution in [1.29, 1.82) is 0 Å². The van der Waals surface area contributed by atoms with Gasteiger partial charge in [0, 0.05) is 16.2 Å². The molecule has 0 spiro atoms. The first-order valence-electron chi connectivity index (χ1n) is 9.84. The molecule has 0 aromatic heterocycles. The third-order valence-electron chi connectivity index (χ3n) is 4.95. The molecule has 0 saturated carbocycles. The van der Waals surface area contributed by atoms with Crippen LogP contribution in [-0.2, 0) is 16.1 Å². The Morgan fingerprint density at radius 2 is 1.76 bits per heavy atom. The topological polar surface area (TPSA) is 58.6 Å². The first kappa shape index (κ1) is 23.2. The second-order valence-corrected chi connectivity index (χ2v) is 8.43. The van der Waals surface area contributed by atoms with E-state index in [-0.39, 0.29) is 24.5 Å². The van der Waals surface area contributed by atoms with Gasteiger partial charge in [0.1, 0.15) is 11.8 Å². The first-order valence-corrected chi connectivity index (χ1v) is 10.9. The lowest BCUT2D eigenvalue weighted by molar-refractivity contribution is -0.142. The Morgan fingerprint density at radius 1 is 1.10 bits per heavy atom. The van der Waals surface area contributed by atoms with Gasteiger partial charge in [-0.2, -0.15) is 0 Å². The summed E-state index contributed by atoms with van der Waals surface area (Å²) < 4.78 is 6.77. The zero-order chi connectivity index (χ0) is 21.4. The molecule has 2 aromatic carbocycles. The number of benzene rings is 2. The summed E-state index contributed by atoms with van der Waals surface area (Å²) in [6, 6.07) is 14.9. The molecule has 0 fully saturated rings. The van der Waals surface area contributed by atoms with Crippen molar-refractivity contribution < 1.29 is 14.3 Å². The summed E-state index contributed by atoms with van der Waals surface area (Å²) in [7, 11) is 0. The largest absolute Gasteiger partial charge is 0.484 e. The van der Waals surface area contributed by atoms with Gasteiger partial charge in [0.25, 0.3) is 5.91 Å². The van der Waals surface area contributed by atoms with Crippen LogP contribution in [0, 0.1) is 10.5 Å². The number of carbonyl (C=O) groups is 2. The van der Waals surface area contributed by atoms with Crippen LogP contribution >= 0.6 is 22.6 Å². The number of amides is 2. The van der Waals surface area contributed by atoms with Gasteiger partial charge in [-0.15, -0.1) is 0 Å². The predicted molar refractivity (Wildman–Crippen MR) is 124 cm³/mol. The molecule has 0 unspecified atom stereocenters. The monoisotopic (exact) mass is 508 g/mol. The van der Waals surface area contributed by atoms with Crippen molar-refractivity contribution >= 4 is 34.4 Å². The lowest BCUT2D eigenvalue weighted by Gasteiger charge is -2.30. The highest BCUT2D eigenvalue weighted by atomic mass is 127. The number of nitrogens with one attached hydrogen (secondary N) is 1. The molecule has 1 N–H and O–H groups in total. The third-order valence-corrected chi connectivity index (χ3v) is 5.67. The molecule has 156 valence electrons. The fourth-order valence-electron chi connectivity index (χ4n) is 2.78. The van der Waals surface area contributed by atoms with Gasteiger partial charge in [-0.1, -0.05) is 31.2 Å². The molecule has 0 saturated heterocycles. The van der Waals surface area contributed by atoms with Crippen molar-refractivity contribution in [2.75, 3.05) is 6.61 Å². The first-order chi connectivity index (χ1) is 13.8. The van der Waals surface area contributed by atoms with Crippen molar-refractivity contribution in [3.05, 3.63) is 63.2 Å². The van der Waals surface area contributed by atoms with Crippen LogP contribution in [0.2, 0.25) is 0 Å². The molecule has 6 heteroatoms. The molecule has 0 heterocycles. The van der Waals surface area contributed by atoms with Gasteiger partial charge in [-0.05, 0) is 85.2 Å². The molecule has 2 atom stereocenters. The van der Waals surface area contributed by atoms with Crippen molar-refractivity contribution in [3.63, 3.8) is 0 Å². The highest BCUT2D eigenvalue weighted by Crippen LogP contribution is 2.16. The number of rotatable bonds is 9. The Kier molecular flexibility index (Phi) is 8.95. The summed E-state index contributed by atoms with van der Waals surface area (Å²) in [4.78, 5) is 27.3. The van der Waals surface area contributed by atoms with E-state index in [1.807, 2.05) is 69.3 Å². The second kappa shape index (κ2) is 11.2. The number of ether oxygens (including phenoxy) is 1. The summed E-state index contributed by atoms with van der Waals surface area (Å²) in [5.41, 5.74) is 2.09. The van der Waals surface area contributed by atoms with Crippen LogP contribution in [0.3, 0.4) is 0 Å². The van der Waals surface area contributed by atoms with E-state index in [1.165, 1.54) is 0 Å². The molecule has 0 aliphatic heterocycles. The minimum absolute atomic E-state index is 0.0587. The van der Waals surface area contributed by atoms with Crippen molar-refractivity contribution in [3.8, 4) is 5.75 Å². The van der Waals surface area contributed by atoms with E-state index in [9.17, 15) is 9.59 Å². The lowest BCUT2D eigenvalue weighted by Crippen LogP contribution is -2.50. The van der Waals surface area contributed by atoms with Gasteiger partial charge < -0.3 is 15.0 Å². The molecule has 0 aliphatic carbocycles. The van der Waals surface area contributed by atoms with Crippen LogP contribution in [0.5, 0.6) is 5.75 Å². The zero-order valence-corrected chi connectivity index (χ0v) is 19.6. The van der Waals surface area contributed by atoms with Crippen molar-refractivity contribution in [2.45, 2.75) is 52.7 Å². The average molecular weight is 508 g/mol. The van der Waals surface area contributed by atoms with Gasteiger partial charge in [0.2, 0.25) is 5.91 Å². The van der Waals surface area contributed by atoms with E-state index in [0.717, 1.165) is 21.1 Å². The Balaban J connectivity index is 2.15. The van der Waals surface area contributed by atoms with Crippen molar-refractivity contribution in [1.82, 2.24) is 10.2 Å². The van der Waals surface area contributed by atoms with Crippen LogP contribution in [0.25, 0.3) is 0 Å². The van der Waals surface area contributed by atoms with Gasteiger partial charge in [-0.3, -0.25) is 9.59 Å². The van der Waals surface area contributed by atoms with Crippen LogP contribution in [0.4, 0.5) is 0 Å². The molecular formula is C23H29IN2O3. The van der Waals surface area contributed by atoms with E-state index in [0.29, 0.717) is 12.3 Å². The summed E-state index contributed by atoms with van der Waals surface area (Å²) in [6.45, 7) is 7.98. The number of aryl methyl sites for hydroxylation is 1. The second-order valence-electron chi connectivity index (χ2n) is 7.18. The standard InChI is InChI=1S/C23H29IN2O3/c1-5-17(3)25-23(28)18(4)26(14-19-9-7-6-8-16(19)2)22(27)15-29-21-12-10-20(24)11-13-21/h6-13,17-18H,5,14-15H2,1-4H3,(H,25,28)/t17-,18+/m1/s1. The quantitative estimate of drug-likeness (QED) is 0.514. The van der Waals surface area contributed by atoms with Crippen LogP contribution in [-0.4, -0.2) is 35.4 Å². The van der Waals surface area contributed by atoms with E-state index < -0.39 is 6.04 Å². The maximum absolute atomic E-state index is 13.0.